The van der Waals surface area contributed by atoms with Crippen LogP contribution in [0, 0.1) is 6.92 Å². The number of nitrogens with zero attached hydrogens (tertiary/aromatic N) is 2. The van der Waals surface area contributed by atoms with Crippen LogP contribution >= 0.6 is 0 Å². The van der Waals surface area contributed by atoms with E-state index in [0.717, 1.165) is 42.6 Å². The molecular formula is C23H25N3O3. The van der Waals surface area contributed by atoms with E-state index < -0.39 is 0 Å². The number of fused-ring (bicyclic) bond motifs is 2. The molecule has 0 atom stereocenters. The average molecular weight is 391 g/mol. The molecule has 0 amide bonds. The van der Waals surface area contributed by atoms with Gasteiger partial charge in [-0.3, -0.25) is 0 Å². The van der Waals surface area contributed by atoms with Crippen LogP contribution in [0.25, 0.3) is 21.9 Å². The van der Waals surface area contributed by atoms with Crippen molar-refractivity contribution in [1.82, 2.24) is 10.1 Å². The zero-order valence-corrected chi connectivity index (χ0v) is 17.0. The minimum atomic E-state index is 0.371. The van der Waals surface area contributed by atoms with Crippen molar-refractivity contribution in [1.29, 1.82) is 0 Å². The molecule has 1 saturated heterocycles. The Hall–Kier alpha value is -3.15. The number of methoxy groups -OCH3 is 2. The SMILES string of the molecule is COc1cc2onc(C3CCN(c4c(C)[nH]c5ccccc45)CC3)c2cc1OC. The fourth-order valence-electron chi connectivity index (χ4n) is 4.62. The molecule has 0 radical (unpaired) electrons. The van der Waals surface area contributed by atoms with Crippen LogP contribution < -0.4 is 14.4 Å². The van der Waals surface area contributed by atoms with Gasteiger partial charge in [-0.2, -0.15) is 0 Å². The van der Waals surface area contributed by atoms with Gasteiger partial charge in [-0.1, -0.05) is 23.4 Å². The van der Waals surface area contributed by atoms with Crippen molar-refractivity contribution in [2.75, 3.05) is 32.2 Å². The second kappa shape index (κ2) is 7.03. The fraction of sp³-hybridized carbons (Fsp3) is 0.348. The van der Waals surface area contributed by atoms with Gasteiger partial charge in [0.25, 0.3) is 0 Å². The third-order valence-electron chi connectivity index (χ3n) is 6.06. The lowest BCUT2D eigenvalue weighted by atomic mass is 9.91. The zero-order valence-electron chi connectivity index (χ0n) is 17.0. The summed E-state index contributed by atoms with van der Waals surface area (Å²) in [7, 11) is 3.28. The molecule has 1 aliphatic rings. The molecule has 2 aromatic carbocycles. The molecule has 1 aliphatic heterocycles. The molecule has 6 nitrogen and oxygen atoms in total. The largest absolute Gasteiger partial charge is 0.493 e. The van der Waals surface area contributed by atoms with Crippen LogP contribution in [0.15, 0.2) is 40.9 Å². The molecular weight excluding hydrogens is 366 g/mol. The van der Waals surface area contributed by atoms with Gasteiger partial charge in [0.05, 0.1) is 25.6 Å². The minimum Gasteiger partial charge on any atom is -0.493 e. The molecule has 0 unspecified atom stereocenters. The first-order chi connectivity index (χ1) is 14.2. The topological polar surface area (TPSA) is 63.5 Å². The summed E-state index contributed by atoms with van der Waals surface area (Å²) in [6.45, 7) is 4.15. The van der Waals surface area contributed by atoms with Gasteiger partial charge in [0.2, 0.25) is 0 Å². The summed E-state index contributed by atoms with van der Waals surface area (Å²) in [6.07, 6.45) is 2.07. The van der Waals surface area contributed by atoms with Crippen LogP contribution in [0.2, 0.25) is 0 Å². The van der Waals surface area contributed by atoms with E-state index in [4.69, 9.17) is 14.0 Å². The van der Waals surface area contributed by atoms with Crippen LogP contribution in [0.3, 0.4) is 0 Å². The van der Waals surface area contributed by atoms with Crippen LogP contribution in [0.1, 0.15) is 30.1 Å². The van der Waals surface area contributed by atoms with E-state index >= 15 is 0 Å². The summed E-state index contributed by atoms with van der Waals surface area (Å²) in [6, 6.07) is 12.4. The molecule has 1 fully saturated rings. The molecule has 4 aromatic rings. The third-order valence-corrected chi connectivity index (χ3v) is 6.06. The second-order valence-corrected chi connectivity index (χ2v) is 7.68. The number of aryl methyl sites for hydroxylation is 1. The summed E-state index contributed by atoms with van der Waals surface area (Å²) < 4.78 is 16.5. The molecule has 3 heterocycles. The van der Waals surface area contributed by atoms with Gasteiger partial charge >= 0.3 is 0 Å². The number of piperidine rings is 1. The Morgan fingerprint density at radius 2 is 1.76 bits per heavy atom. The van der Waals surface area contributed by atoms with Crippen molar-refractivity contribution in [2.24, 2.45) is 0 Å². The first-order valence-electron chi connectivity index (χ1n) is 10.0. The zero-order chi connectivity index (χ0) is 20.0. The molecule has 0 bridgehead atoms. The van der Waals surface area contributed by atoms with Crippen molar-refractivity contribution in [3.63, 3.8) is 0 Å². The van der Waals surface area contributed by atoms with Crippen molar-refractivity contribution in [3.8, 4) is 11.5 Å². The van der Waals surface area contributed by atoms with E-state index in [9.17, 15) is 0 Å². The maximum atomic E-state index is 5.62. The maximum Gasteiger partial charge on any atom is 0.171 e. The fourth-order valence-corrected chi connectivity index (χ4v) is 4.62. The Balaban J connectivity index is 1.41. The lowest BCUT2D eigenvalue weighted by molar-refractivity contribution is 0.354. The van der Waals surface area contributed by atoms with E-state index in [0.29, 0.717) is 17.4 Å². The predicted molar refractivity (Wildman–Crippen MR) is 114 cm³/mol. The van der Waals surface area contributed by atoms with Gasteiger partial charge in [0.15, 0.2) is 17.1 Å². The van der Waals surface area contributed by atoms with Crippen LogP contribution in [0.4, 0.5) is 5.69 Å². The summed E-state index contributed by atoms with van der Waals surface area (Å²) in [4.78, 5) is 6.01. The van der Waals surface area contributed by atoms with E-state index in [1.165, 1.54) is 22.3 Å². The summed E-state index contributed by atoms with van der Waals surface area (Å²) >= 11 is 0. The number of hydrogen-bond donors (Lipinski definition) is 1. The highest BCUT2D eigenvalue weighted by atomic mass is 16.5. The third kappa shape index (κ3) is 2.90. The van der Waals surface area contributed by atoms with Crippen molar-refractivity contribution < 1.29 is 14.0 Å². The maximum absolute atomic E-state index is 5.62. The number of nitrogens with one attached hydrogen (secondary N) is 1. The molecule has 5 rings (SSSR count). The number of aromatic nitrogens is 2. The smallest absolute Gasteiger partial charge is 0.171 e. The average Bonchev–Trinajstić information content (AvgIpc) is 3.32. The van der Waals surface area contributed by atoms with Crippen molar-refractivity contribution >= 4 is 27.6 Å². The number of para-hydroxylation sites is 1. The van der Waals surface area contributed by atoms with Gasteiger partial charge in [0, 0.05) is 47.1 Å². The molecule has 2 aromatic heterocycles. The van der Waals surface area contributed by atoms with Gasteiger partial charge in [-0.05, 0) is 31.9 Å². The number of H-pyrrole nitrogens is 1. The van der Waals surface area contributed by atoms with Crippen molar-refractivity contribution in [3.05, 3.63) is 47.8 Å². The van der Waals surface area contributed by atoms with E-state index in [1.807, 2.05) is 12.1 Å². The number of ether oxygens (including phenoxy) is 2. The Bertz CT molecular complexity index is 1170. The van der Waals surface area contributed by atoms with Crippen LogP contribution in [-0.4, -0.2) is 37.4 Å². The number of hydrogen-bond acceptors (Lipinski definition) is 5. The molecule has 1 N–H and O–H groups in total. The molecule has 0 spiro atoms. The number of aromatic amines is 1. The van der Waals surface area contributed by atoms with Crippen LogP contribution in [-0.2, 0) is 0 Å². The van der Waals surface area contributed by atoms with Gasteiger partial charge < -0.3 is 23.9 Å². The van der Waals surface area contributed by atoms with E-state index in [-0.39, 0.29) is 0 Å². The first-order valence-corrected chi connectivity index (χ1v) is 10.0. The Kier molecular flexibility index (Phi) is 4.34. The predicted octanol–water partition coefficient (Wildman–Crippen LogP) is 5.02. The standard InChI is InChI=1S/C23H25N3O3/c1-14-23(16-6-4-5-7-18(16)24-14)26-10-8-15(9-11-26)22-17-12-20(27-2)21(28-3)13-19(17)29-25-22/h4-7,12-13,15,24H,8-11H2,1-3H3. The lowest BCUT2D eigenvalue weighted by Gasteiger charge is -2.33. The Morgan fingerprint density at radius 3 is 2.52 bits per heavy atom. The van der Waals surface area contributed by atoms with Crippen LogP contribution in [0.5, 0.6) is 11.5 Å². The molecule has 0 saturated carbocycles. The summed E-state index contributed by atoms with van der Waals surface area (Å²) in [5.41, 5.74) is 5.53. The van der Waals surface area contributed by atoms with Gasteiger partial charge in [-0.25, -0.2) is 0 Å². The highest BCUT2D eigenvalue weighted by Crippen LogP contribution is 2.40. The minimum absolute atomic E-state index is 0.371. The highest BCUT2D eigenvalue weighted by Gasteiger charge is 2.27. The number of benzene rings is 2. The second-order valence-electron chi connectivity index (χ2n) is 7.68. The summed E-state index contributed by atoms with van der Waals surface area (Å²) in [5, 5.41) is 6.73. The number of anilines is 1. The normalized spacial score (nSPS) is 15.3. The highest BCUT2D eigenvalue weighted by molar-refractivity contribution is 5.95. The monoisotopic (exact) mass is 391 g/mol. The van der Waals surface area contributed by atoms with Gasteiger partial charge in [0.1, 0.15) is 0 Å². The van der Waals surface area contributed by atoms with E-state index in [2.05, 4.69) is 46.2 Å². The molecule has 0 aliphatic carbocycles. The Labute approximate surface area is 169 Å². The van der Waals surface area contributed by atoms with Gasteiger partial charge in [-0.15, -0.1) is 0 Å². The lowest BCUT2D eigenvalue weighted by Crippen LogP contribution is -2.33. The number of rotatable bonds is 4. The Morgan fingerprint density at radius 1 is 1.03 bits per heavy atom. The molecule has 29 heavy (non-hydrogen) atoms. The molecule has 150 valence electrons. The summed E-state index contributed by atoms with van der Waals surface area (Å²) in [5.74, 6) is 1.74. The quantitative estimate of drug-likeness (QED) is 0.529. The van der Waals surface area contributed by atoms with E-state index in [1.54, 1.807) is 14.2 Å². The van der Waals surface area contributed by atoms with Crippen molar-refractivity contribution in [2.45, 2.75) is 25.7 Å². The first kappa shape index (κ1) is 17.9. The molecule has 6 heteroatoms.